The molecule has 9 heteroatoms. The predicted molar refractivity (Wildman–Crippen MR) is 120 cm³/mol. The second kappa shape index (κ2) is 9.82. The third-order valence-corrected chi connectivity index (χ3v) is 6.48. The number of rotatable bonds is 8. The van der Waals surface area contributed by atoms with E-state index in [-0.39, 0.29) is 11.8 Å². The van der Waals surface area contributed by atoms with Crippen molar-refractivity contribution in [2.24, 2.45) is 5.92 Å². The molecule has 2 aromatic heterocycles. The van der Waals surface area contributed by atoms with Gasteiger partial charge in [-0.25, -0.2) is 0 Å². The summed E-state index contributed by atoms with van der Waals surface area (Å²) in [5.41, 5.74) is 1.04. The Hall–Kier alpha value is -3.07. The van der Waals surface area contributed by atoms with Crippen molar-refractivity contribution in [3.63, 3.8) is 0 Å². The Bertz CT molecular complexity index is 1000. The van der Waals surface area contributed by atoms with Crippen molar-refractivity contribution in [1.29, 1.82) is 0 Å². The maximum Gasteiger partial charge on any atom is 0.224 e. The number of nitrogens with one attached hydrogen (secondary N) is 1. The van der Waals surface area contributed by atoms with Gasteiger partial charge in [0.1, 0.15) is 11.5 Å². The molecular weight excluding hydrogens is 414 g/mol. The minimum Gasteiger partial charge on any atom is -0.497 e. The number of carbonyl (C=O) groups excluding carboxylic acids is 1. The molecule has 0 saturated carbocycles. The van der Waals surface area contributed by atoms with E-state index in [4.69, 9.17) is 9.47 Å². The monoisotopic (exact) mass is 441 g/mol. The van der Waals surface area contributed by atoms with Crippen LogP contribution in [0, 0.1) is 5.92 Å². The Morgan fingerprint density at radius 3 is 2.77 bits per heavy atom. The number of benzene rings is 1. The number of ether oxygens (including phenoxy) is 2. The molecule has 1 amide bonds. The lowest BCUT2D eigenvalue weighted by Gasteiger charge is -2.31. The Kier molecular flexibility index (Phi) is 6.71. The molecule has 1 aliphatic heterocycles. The van der Waals surface area contributed by atoms with Crippen molar-refractivity contribution in [2.45, 2.75) is 19.3 Å². The summed E-state index contributed by atoms with van der Waals surface area (Å²) in [5, 5.41) is 13.4. The molecule has 164 valence electrons. The SMILES string of the molecule is COc1ccc(CCNC(=O)[C@H]2CCCN(c3nnc(-n4cccc4)s3)C2)c(OC)c1. The molecule has 1 atom stereocenters. The molecule has 1 N–H and O–H groups in total. The lowest BCUT2D eigenvalue weighted by Crippen LogP contribution is -2.43. The van der Waals surface area contributed by atoms with Crippen LogP contribution in [0.3, 0.4) is 0 Å². The third kappa shape index (κ3) is 4.99. The summed E-state index contributed by atoms with van der Waals surface area (Å²) in [5.74, 6) is 1.56. The van der Waals surface area contributed by atoms with Gasteiger partial charge in [0.25, 0.3) is 0 Å². The smallest absolute Gasteiger partial charge is 0.224 e. The molecule has 0 radical (unpaired) electrons. The molecule has 3 heterocycles. The summed E-state index contributed by atoms with van der Waals surface area (Å²) in [6.07, 6.45) is 6.45. The van der Waals surface area contributed by atoms with Gasteiger partial charge in [-0.15, -0.1) is 10.2 Å². The summed E-state index contributed by atoms with van der Waals surface area (Å²) < 4.78 is 12.6. The van der Waals surface area contributed by atoms with Gasteiger partial charge in [-0.1, -0.05) is 17.4 Å². The Balaban J connectivity index is 1.31. The van der Waals surface area contributed by atoms with E-state index in [1.54, 1.807) is 25.6 Å². The predicted octanol–water partition coefficient (Wildman–Crippen LogP) is 2.92. The zero-order chi connectivity index (χ0) is 21.6. The van der Waals surface area contributed by atoms with E-state index in [9.17, 15) is 4.79 Å². The lowest BCUT2D eigenvalue weighted by atomic mass is 9.97. The van der Waals surface area contributed by atoms with Crippen LogP contribution < -0.4 is 19.7 Å². The fraction of sp³-hybridized carbons (Fsp3) is 0.409. The minimum absolute atomic E-state index is 0.0505. The first-order valence-corrected chi connectivity index (χ1v) is 11.2. The van der Waals surface area contributed by atoms with Crippen LogP contribution in [0.2, 0.25) is 0 Å². The van der Waals surface area contributed by atoms with Crippen LogP contribution in [0.5, 0.6) is 11.5 Å². The van der Waals surface area contributed by atoms with Crippen molar-refractivity contribution in [2.75, 3.05) is 38.8 Å². The maximum atomic E-state index is 12.8. The Morgan fingerprint density at radius 2 is 2.00 bits per heavy atom. The van der Waals surface area contributed by atoms with Crippen molar-refractivity contribution >= 4 is 22.4 Å². The first-order chi connectivity index (χ1) is 15.2. The average molecular weight is 442 g/mol. The first kappa shape index (κ1) is 21.2. The van der Waals surface area contributed by atoms with E-state index >= 15 is 0 Å². The van der Waals surface area contributed by atoms with Gasteiger partial charge in [-0.2, -0.15) is 0 Å². The zero-order valence-corrected chi connectivity index (χ0v) is 18.6. The van der Waals surface area contributed by atoms with Crippen molar-refractivity contribution in [3.8, 4) is 16.6 Å². The summed E-state index contributed by atoms with van der Waals surface area (Å²) in [4.78, 5) is 15.0. The number of amides is 1. The number of nitrogens with zero attached hydrogens (tertiary/aromatic N) is 4. The van der Waals surface area contributed by atoms with Crippen molar-refractivity contribution in [1.82, 2.24) is 20.1 Å². The van der Waals surface area contributed by atoms with E-state index in [1.807, 2.05) is 47.3 Å². The molecular formula is C22H27N5O3S. The minimum atomic E-state index is -0.0505. The average Bonchev–Trinajstić information content (AvgIpc) is 3.51. The van der Waals surface area contributed by atoms with Gasteiger partial charge >= 0.3 is 0 Å². The molecule has 1 fully saturated rings. The number of aromatic nitrogens is 3. The van der Waals surface area contributed by atoms with Gasteiger partial charge in [0, 0.05) is 38.1 Å². The third-order valence-electron chi connectivity index (χ3n) is 5.48. The first-order valence-electron chi connectivity index (χ1n) is 10.4. The molecule has 3 aromatic rings. The van der Waals surface area contributed by atoms with Gasteiger partial charge in [0.15, 0.2) is 0 Å². The van der Waals surface area contributed by atoms with Crippen molar-refractivity contribution in [3.05, 3.63) is 48.3 Å². The Morgan fingerprint density at radius 1 is 1.19 bits per heavy atom. The van der Waals surface area contributed by atoms with E-state index in [0.717, 1.165) is 46.7 Å². The molecule has 8 nitrogen and oxygen atoms in total. The van der Waals surface area contributed by atoms with Gasteiger partial charge in [0.2, 0.25) is 16.2 Å². The van der Waals surface area contributed by atoms with Crippen LogP contribution in [0.15, 0.2) is 42.7 Å². The highest BCUT2D eigenvalue weighted by Gasteiger charge is 2.27. The number of methoxy groups -OCH3 is 2. The second-order valence-corrected chi connectivity index (χ2v) is 8.40. The Labute approximate surface area is 185 Å². The van der Waals surface area contributed by atoms with Crippen LogP contribution in [0.4, 0.5) is 5.13 Å². The van der Waals surface area contributed by atoms with E-state index in [2.05, 4.69) is 20.4 Å². The van der Waals surface area contributed by atoms with Gasteiger partial charge in [-0.05, 0) is 43.0 Å². The normalized spacial score (nSPS) is 16.2. The maximum absolute atomic E-state index is 12.8. The number of piperidine rings is 1. The zero-order valence-electron chi connectivity index (χ0n) is 17.8. The molecule has 1 aliphatic rings. The second-order valence-electron chi connectivity index (χ2n) is 7.46. The van der Waals surface area contributed by atoms with Gasteiger partial charge in [0.05, 0.1) is 20.1 Å². The quantitative estimate of drug-likeness (QED) is 0.579. The van der Waals surface area contributed by atoms with Crippen molar-refractivity contribution < 1.29 is 14.3 Å². The molecule has 0 spiro atoms. The van der Waals surface area contributed by atoms with Crippen LogP contribution in [-0.2, 0) is 11.2 Å². The van der Waals surface area contributed by atoms with Crippen LogP contribution in [0.1, 0.15) is 18.4 Å². The fourth-order valence-electron chi connectivity index (χ4n) is 3.79. The number of anilines is 1. The highest BCUT2D eigenvalue weighted by molar-refractivity contribution is 7.17. The molecule has 1 aromatic carbocycles. The summed E-state index contributed by atoms with van der Waals surface area (Å²) in [6, 6.07) is 9.67. The van der Waals surface area contributed by atoms with Gasteiger partial charge in [-0.3, -0.25) is 9.36 Å². The molecule has 0 aliphatic carbocycles. The summed E-state index contributed by atoms with van der Waals surface area (Å²) in [6.45, 7) is 2.12. The molecule has 0 unspecified atom stereocenters. The van der Waals surface area contributed by atoms with Crippen LogP contribution >= 0.6 is 11.3 Å². The highest BCUT2D eigenvalue weighted by Crippen LogP contribution is 2.28. The topological polar surface area (TPSA) is 81.5 Å². The molecule has 31 heavy (non-hydrogen) atoms. The molecule has 0 bridgehead atoms. The number of hydrogen-bond donors (Lipinski definition) is 1. The summed E-state index contributed by atoms with van der Waals surface area (Å²) in [7, 11) is 3.27. The fourth-order valence-corrected chi connectivity index (χ4v) is 4.64. The standard InChI is InChI=1S/C22H27N5O3S/c1-29-18-8-7-16(19(14-18)30-2)9-10-23-20(28)17-6-5-13-27(15-17)22-25-24-21(31-22)26-11-3-4-12-26/h3-4,7-8,11-12,14,17H,5-6,9-10,13,15H2,1-2H3,(H,23,28)/t17-/m0/s1. The van der Waals surface area contributed by atoms with E-state index in [0.29, 0.717) is 19.5 Å². The highest BCUT2D eigenvalue weighted by atomic mass is 32.1. The van der Waals surface area contributed by atoms with Gasteiger partial charge < -0.3 is 19.7 Å². The lowest BCUT2D eigenvalue weighted by molar-refractivity contribution is -0.125. The van der Waals surface area contributed by atoms with Crippen LogP contribution in [0.25, 0.3) is 5.13 Å². The van der Waals surface area contributed by atoms with Crippen LogP contribution in [-0.4, -0.2) is 54.5 Å². The van der Waals surface area contributed by atoms with E-state index in [1.165, 1.54) is 0 Å². The summed E-state index contributed by atoms with van der Waals surface area (Å²) >= 11 is 1.54. The molecule has 1 saturated heterocycles. The number of carbonyl (C=O) groups is 1. The number of hydrogen-bond acceptors (Lipinski definition) is 7. The molecule has 4 rings (SSSR count). The van der Waals surface area contributed by atoms with E-state index < -0.39 is 0 Å². The largest absolute Gasteiger partial charge is 0.497 e.